The lowest BCUT2D eigenvalue weighted by Gasteiger charge is -1.97. The molecule has 0 fully saturated rings. The number of aromatic nitrogens is 1. The van der Waals surface area contributed by atoms with Gasteiger partial charge in [-0.15, -0.1) is 11.3 Å². The van der Waals surface area contributed by atoms with Crippen LogP contribution in [0, 0.1) is 13.8 Å². The van der Waals surface area contributed by atoms with Gasteiger partial charge in [0.1, 0.15) is 5.76 Å². The number of esters is 1. The van der Waals surface area contributed by atoms with Gasteiger partial charge < -0.3 is 9.15 Å². The van der Waals surface area contributed by atoms with Crippen LogP contribution in [0.25, 0.3) is 10.8 Å². The van der Waals surface area contributed by atoms with Gasteiger partial charge in [0.15, 0.2) is 16.5 Å². The van der Waals surface area contributed by atoms with Crippen molar-refractivity contribution in [2.24, 2.45) is 0 Å². The standard InChI is InChI=1S/C12H13NO3S/c1-4-15-12(14)10-8(3)17-11(13-10)9-6-5-7(2)16-9/h5-6H,4H2,1-3H3. The molecule has 0 bridgehead atoms. The third-order valence-corrected chi connectivity index (χ3v) is 3.20. The maximum absolute atomic E-state index is 11.6. The third-order valence-electron chi connectivity index (χ3n) is 2.22. The number of rotatable bonds is 3. The highest BCUT2D eigenvalue weighted by molar-refractivity contribution is 7.15. The number of carbonyl (C=O) groups is 1. The third kappa shape index (κ3) is 2.39. The van der Waals surface area contributed by atoms with Crippen LogP contribution in [0.2, 0.25) is 0 Å². The van der Waals surface area contributed by atoms with Crippen molar-refractivity contribution in [3.8, 4) is 10.8 Å². The Hall–Kier alpha value is -1.62. The van der Waals surface area contributed by atoms with Crippen LogP contribution in [0.1, 0.15) is 28.0 Å². The minimum atomic E-state index is -0.379. The minimum absolute atomic E-state index is 0.352. The molecule has 0 amide bonds. The molecule has 0 aliphatic carbocycles. The zero-order valence-electron chi connectivity index (χ0n) is 9.94. The Morgan fingerprint density at radius 1 is 1.47 bits per heavy atom. The van der Waals surface area contributed by atoms with E-state index in [-0.39, 0.29) is 5.97 Å². The van der Waals surface area contributed by atoms with Gasteiger partial charge in [0.05, 0.1) is 6.61 Å². The molecule has 0 atom stereocenters. The molecule has 0 radical (unpaired) electrons. The Labute approximate surface area is 103 Å². The zero-order valence-corrected chi connectivity index (χ0v) is 10.8. The summed E-state index contributed by atoms with van der Waals surface area (Å²) in [5, 5.41) is 0.707. The minimum Gasteiger partial charge on any atom is -0.461 e. The van der Waals surface area contributed by atoms with Gasteiger partial charge in [-0.25, -0.2) is 9.78 Å². The SMILES string of the molecule is CCOC(=O)c1nc(-c2ccc(C)o2)sc1C. The fourth-order valence-electron chi connectivity index (χ4n) is 1.44. The van der Waals surface area contributed by atoms with Crippen molar-refractivity contribution in [1.29, 1.82) is 0 Å². The van der Waals surface area contributed by atoms with Crippen molar-refractivity contribution in [2.45, 2.75) is 20.8 Å². The molecule has 0 spiro atoms. The summed E-state index contributed by atoms with van der Waals surface area (Å²) in [7, 11) is 0. The van der Waals surface area contributed by atoms with Crippen LogP contribution in [0.3, 0.4) is 0 Å². The summed E-state index contributed by atoms with van der Waals surface area (Å²) in [4.78, 5) is 16.7. The van der Waals surface area contributed by atoms with E-state index >= 15 is 0 Å². The maximum Gasteiger partial charge on any atom is 0.358 e. The van der Waals surface area contributed by atoms with Gasteiger partial charge in [-0.05, 0) is 32.9 Å². The fourth-order valence-corrected chi connectivity index (χ4v) is 2.30. The van der Waals surface area contributed by atoms with Crippen molar-refractivity contribution in [1.82, 2.24) is 4.98 Å². The molecular formula is C12H13NO3S. The van der Waals surface area contributed by atoms with Crippen molar-refractivity contribution >= 4 is 17.3 Å². The smallest absolute Gasteiger partial charge is 0.358 e. The van der Waals surface area contributed by atoms with E-state index in [1.807, 2.05) is 26.0 Å². The van der Waals surface area contributed by atoms with E-state index in [4.69, 9.17) is 9.15 Å². The van der Waals surface area contributed by atoms with Crippen LogP contribution in [0.5, 0.6) is 0 Å². The van der Waals surface area contributed by atoms with Crippen LogP contribution in [0.4, 0.5) is 0 Å². The monoisotopic (exact) mass is 251 g/mol. The second-order valence-corrected chi connectivity index (χ2v) is 4.76. The van der Waals surface area contributed by atoms with E-state index in [0.717, 1.165) is 10.6 Å². The molecule has 17 heavy (non-hydrogen) atoms. The lowest BCUT2D eigenvalue weighted by molar-refractivity contribution is 0.0519. The number of nitrogens with zero attached hydrogens (tertiary/aromatic N) is 1. The molecule has 0 unspecified atom stereocenters. The first-order valence-electron chi connectivity index (χ1n) is 5.33. The molecule has 0 saturated carbocycles. The van der Waals surface area contributed by atoms with Gasteiger partial charge in [-0.1, -0.05) is 0 Å². The lowest BCUT2D eigenvalue weighted by Crippen LogP contribution is -2.06. The highest BCUT2D eigenvalue weighted by atomic mass is 32.1. The Morgan fingerprint density at radius 3 is 2.82 bits per heavy atom. The van der Waals surface area contributed by atoms with Crippen molar-refractivity contribution in [3.63, 3.8) is 0 Å². The Bertz CT molecular complexity index is 542. The molecule has 0 aliphatic heterocycles. The predicted molar refractivity (Wildman–Crippen MR) is 65.2 cm³/mol. The summed E-state index contributed by atoms with van der Waals surface area (Å²) in [5.74, 6) is 1.13. The van der Waals surface area contributed by atoms with E-state index < -0.39 is 0 Å². The van der Waals surface area contributed by atoms with E-state index in [1.165, 1.54) is 11.3 Å². The molecule has 2 heterocycles. The molecular weight excluding hydrogens is 238 g/mol. The van der Waals surface area contributed by atoms with E-state index in [2.05, 4.69) is 4.98 Å². The molecule has 4 nitrogen and oxygen atoms in total. The van der Waals surface area contributed by atoms with Crippen LogP contribution >= 0.6 is 11.3 Å². The highest BCUT2D eigenvalue weighted by Gasteiger charge is 2.18. The first-order chi connectivity index (χ1) is 8.11. The average Bonchev–Trinajstić information content (AvgIpc) is 2.85. The summed E-state index contributed by atoms with van der Waals surface area (Å²) in [5.41, 5.74) is 0.376. The number of carbonyl (C=O) groups excluding carboxylic acids is 1. The second-order valence-electron chi connectivity index (χ2n) is 3.55. The molecule has 0 aliphatic rings. The Balaban J connectivity index is 2.33. The first kappa shape index (κ1) is 11.9. The van der Waals surface area contributed by atoms with Gasteiger partial charge in [0.2, 0.25) is 0 Å². The van der Waals surface area contributed by atoms with E-state index in [1.54, 1.807) is 6.92 Å². The molecule has 5 heteroatoms. The Kier molecular flexibility index (Phi) is 3.28. The number of hydrogen-bond acceptors (Lipinski definition) is 5. The van der Waals surface area contributed by atoms with E-state index in [0.29, 0.717) is 23.1 Å². The summed E-state index contributed by atoms with van der Waals surface area (Å²) in [6.45, 7) is 5.85. The van der Waals surface area contributed by atoms with E-state index in [9.17, 15) is 4.79 Å². The summed E-state index contributed by atoms with van der Waals surface area (Å²) in [6, 6.07) is 3.72. The van der Waals surface area contributed by atoms with Gasteiger partial charge in [-0.2, -0.15) is 0 Å². The quantitative estimate of drug-likeness (QED) is 0.786. The molecule has 0 aromatic carbocycles. The second kappa shape index (κ2) is 4.71. The zero-order chi connectivity index (χ0) is 12.4. The molecule has 2 rings (SSSR count). The van der Waals surface area contributed by atoms with Crippen LogP contribution < -0.4 is 0 Å². The van der Waals surface area contributed by atoms with Gasteiger partial charge in [0, 0.05) is 4.88 Å². The highest BCUT2D eigenvalue weighted by Crippen LogP contribution is 2.29. The number of ether oxygens (including phenoxy) is 1. The summed E-state index contributed by atoms with van der Waals surface area (Å²) in [6.07, 6.45) is 0. The summed E-state index contributed by atoms with van der Waals surface area (Å²) < 4.78 is 10.4. The molecule has 0 saturated heterocycles. The first-order valence-corrected chi connectivity index (χ1v) is 6.14. The predicted octanol–water partition coefficient (Wildman–Crippen LogP) is 3.20. The van der Waals surface area contributed by atoms with Crippen molar-refractivity contribution < 1.29 is 13.9 Å². The number of furan rings is 1. The summed E-state index contributed by atoms with van der Waals surface area (Å²) >= 11 is 1.43. The molecule has 2 aromatic rings. The Morgan fingerprint density at radius 2 is 2.24 bits per heavy atom. The molecule has 2 aromatic heterocycles. The van der Waals surface area contributed by atoms with Crippen LogP contribution in [-0.2, 0) is 4.74 Å². The number of hydrogen-bond donors (Lipinski definition) is 0. The van der Waals surface area contributed by atoms with Crippen LogP contribution in [0.15, 0.2) is 16.5 Å². The largest absolute Gasteiger partial charge is 0.461 e. The van der Waals surface area contributed by atoms with Crippen molar-refractivity contribution in [3.05, 3.63) is 28.5 Å². The fraction of sp³-hybridized carbons (Fsp3) is 0.333. The van der Waals surface area contributed by atoms with Crippen molar-refractivity contribution in [2.75, 3.05) is 6.61 Å². The normalized spacial score (nSPS) is 10.5. The van der Waals surface area contributed by atoms with Crippen LogP contribution in [-0.4, -0.2) is 17.6 Å². The molecule has 90 valence electrons. The lowest BCUT2D eigenvalue weighted by atomic mass is 10.4. The maximum atomic E-state index is 11.6. The topological polar surface area (TPSA) is 52.3 Å². The van der Waals surface area contributed by atoms with Gasteiger partial charge in [-0.3, -0.25) is 0 Å². The van der Waals surface area contributed by atoms with Gasteiger partial charge >= 0.3 is 5.97 Å². The average molecular weight is 251 g/mol. The number of aryl methyl sites for hydroxylation is 2. The number of thiazole rings is 1. The van der Waals surface area contributed by atoms with Gasteiger partial charge in [0.25, 0.3) is 0 Å². The molecule has 0 N–H and O–H groups in total.